The monoisotopic (exact) mass is 358 g/mol. The standard InChI is InChI=1S/C20H23ClN2O2/c1-15-13-18(21)10-11-19(15)25-12-6-9-20(24)23-22-14-16(2)17-7-4-3-5-8-17/h3-5,7-8,10-11,13-14,16H,6,9,12H2,1-2H3,(H,23,24). The molecule has 1 atom stereocenters. The molecule has 2 aromatic rings. The number of hydrazone groups is 1. The molecule has 0 bridgehead atoms. The zero-order chi connectivity index (χ0) is 18.1. The first-order valence-corrected chi connectivity index (χ1v) is 8.70. The van der Waals surface area contributed by atoms with Crippen LogP contribution in [-0.2, 0) is 4.79 Å². The molecular weight excluding hydrogens is 336 g/mol. The van der Waals surface area contributed by atoms with Crippen molar-refractivity contribution in [2.75, 3.05) is 6.61 Å². The molecular formula is C20H23ClN2O2. The number of amides is 1. The third kappa shape index (κ3) is 6.59. The fourth-order valence-corrected chi connectivity index (χ4v) is 2.54. The molecule has 0 aromatic heterocycles. The lowest BCUT2D eigenvalue weighted by Gasteiger charge is -2.09. The van der Waals surface area contributed by atoms with Crippen LogP contribution < -0.4 is 10.2 Å². The van der Waals surface area contributed by atoms with Gasteiger partial charge in [-0.3, -0.25) is 4.79 Å². The highest BCUT2D eigenvalue weighted by molar-refractivity contribution is 6.30. The number of aryl methyl sites for hydroxylation is 1. The van der Waals surface area contributed by atoms with Crippen LogP contribution in [0.15, 0.2) is 53.6 Å². The third-order valence-electron chi connectivity index (χ3n) is 3.76. The lowest BCUT2D eigenvalue weighted by molar-refractivity contribution is -0.121. The van der Waals surface area contributed by atoms with Gasteiger partial charge in [0.25, 0.3) is 0 Å². The minimum Gasteiger partial charge on any atom is -0.493 e. The molecule has 0 spiro atoms. The lowest BCUT2D eigenvalue weighted by atomic mass is 10.0. The number of nitrogens with zero attached hydrogens (tertiary/aromatic N) is 1. The molecule has 0 saturated heterocycles. The van der Waals surface area contributed by atoms with Crippen LogP contribution >= 0.6 is 11.6 Å². The van der Waals surface area contributed by atoms with E-state index < -0.39 is 0 Å². The first kappa shape index (κ1) is 19.0. The number of carbonyl (C=O) groups excluding carboxylic acids is 1. The van der Waals surface area contributed by atoms with Crippen molar-refractivity contribution in [1.29, 1.82) is 0 Å². The van der Waals surface area contributed by atoms with Crippen LogP contribution in [0, 0.1) is 6.92 Å². The quantitative estimate of drug-likeness (QED) is 0.422. The van der Waals surface area contributed by atoms with Gasteiger partial charge in [0.1, 0.15) is 5.75 Å². The van der Waals surface area contributed by atoms with Crippen molar-refractivity contribution in [1.82, 2.24) is 5.43 Å². The van der Waals surface area contributed by atoms with E-state index in [9.17, 15) is 4.79 Å². The fraction of sp³-hybridized carbons (Fsp3) is 0.300. The molecule has 1 amide bonds. The average molecular weight is 359 g/mol. The van der Waals surface area contributed by atoms with Crippen LogP contribution in [0.4, 0.5) is 0 Å². The molecule has 132 valence electrons. The van der Waals surface area contributed by atoms with Crippen LogP contribution in [0.5, 0.6) is 5.75 Å². The van der Waals surface area contributed by atoms with Crippen molar-refractivity contribution in [2.24, 2.45) is 5.10 Å². The van der Waals surface area contributed by atoms with Gasteiger partial charge in [0, 0.05) is 23.6 Å². The molecule has 4 nitrogen and oxygen atoms in total. The molecule has 0 aliphatic heterocycles. The molecule has 2 rings (SSSR count). The summed E-state index contributed by atoms with van der Waals surface area (Å²) in [4.78, 5) is 11.8. The molecule has 25 heavy (non-hydrogen) atoms. The van der Waals surface area contributed by atoms with Gasteiger partial charge >= 0.3 is 0 Å². The maximum absolute atomic E-state index is 11.8. The van der Waals surface area contributed by atoms with Crippen molar-refractivity contribution in [3.63, 3.8) is 0 Å². The number of rotatable bonds is 8. The largest absolute Gasteiger partial charge is 0.493 e. The highest BCUT2D eigenvalue weighted by Gasteiger charge is 2.04. The van der Waals surface area contributed by atoms with Gasteiger partial charge in [-0.15, -0.1) is 0 Å². The van der Waals surface area contributed by atoms with Gasteiger partial charge in [-0.05, 0) is 42.7 Å². The summed E-state index contributed by atoms with van der Waals surface area (Å²) in [5.41, 5.74) is 4.70. The molecule has 0 fully saturated rings. The van der Waals surface area contributed by atoms with Crippen LogP contribution in [0.2, 0.25) is 5.02 Å². The maximum Gasteiger partial charge on any atom is 0.240 e. The minimum absolute atomic E-state index is 0.118. The Balaban J connectivity index is 1.66. The van der Waals surface area contributed by atoms with E-state index in [4.69, 9.17) is 16.3 Å². The second kappa shape index (κ2) is 9.84. The van der Waals surface area contributed by atoms with E-state index in [1.807, 2.05) is 56.3 Å². The topological polar surface area (TPSA) is 50.7 Å². The Hall–Kier alpha value is -2.33. The molecule has 0 heterocycles. The maximum atomic E-state index is 11.8. The Morgan fingerprint density at radius 1 is 1.28 bits per heavy atom. The number of benzene rings is 2. The third-order valence-corrected chi connectivity index (χ3v) is 3.99. The van der Waals surface area contributed by atoms with Crippen LogP contribution in [-0.4, -0.2) is 18.7 Å². The summed E-state index contributed by atoms with van der Waals surface area (Å²) in [6.45, 7) is 4.45. The summed E-state index contributed by atoms with van der Waals surface area (Å²) in [7, 11) is 0. The van der Waals surface area contributed by atoms with Gasteiger partial charge < -0.3 is 4.74 Å². The van der Waals surface area contributed by atoms with E-state index in [0.29, 0.717) is 24.5 Å². The smallest absolute Gasteiger partial charge is 0.240 e. The van der Waals surface area contributed by atoms with Gasteiger partial charge in [0.15, 0.2) is 0 Å². The second-order valence-electron chi connectivity index (χ2n) is 5.87. The predicted molar refractivity (Wildman–Crippen MR) is 102 cm³/mol. The van der Waals surface area contributed by atoms with Gasteiger partial charge in [-0.2, -0.15) is 5.10 Å². The molecule has 2 aromatic carbocycles. The van der Waals surface area contributed by atoms with E-state index in [1.54, 1.807) is 12.3 Å². The average Bonchev–Trinajstić information content (AvgIpc) is 2.61. The Morgan fingerprint density at radius 2 is 2.04 bits per heavy atom. The minimum atomic E-state index is -0.118. The molecule has 1 unspecified atom stereocenters. The number of hydrogen-bond donors (Lipinski definition) is 1. The number of nitrogens with one attached hydrogen (secondary N) is 1. The van der Waals surface area contributed by atoms with Gasteiger partial charge in [0.2, 0.25) is 5.91 Å². The van der Waals surface area contributed by atoms with E-state index in [2.05, 4.69) is 10.5 Å². The van der Waals surface area contributed by atoms with Gasteiger partial charge in [0.05, 0.1) is 6.61 Å². The van der Waals surface area contributed by atoms with Crippen molar-refractivity contribution < 1.29 is 9.53 Å². The van der Waals surface area contributed by atoms with Crippen molar-refractivity contribution >= 4 is 23.7 Å². The summed E-state index contributed by atoms with van der Waals surface area (Å²) in [6, 6.07) is 15.5. The zero-order valence-corrected chi connectivity index (χ0v) is 15.3. The molecule has 0 radical (unpaired) electrons. The number of halogens is 1. The van der Waals surface area contributed by atoms with E-state index >= 15 is 0 Å². The van der Waals surface area contributed by atoms with Gasteiger partial charge in [-0.25, -0.2) is 5.43 Å². The molecule has 5 heteroatoms. The van der Waals surface area contributed by atoms with Crippen LogP contribution in [0.25, 0.3) is 0 Å². The first-order chi connectivity index (χ1) is 12.1. The van der Waals surface area contributed by atoms with Crippen LogP contribution in [0.1, 0.15) is 36.8 Å². The molecule has 0 aliphatic rings. The normalized spacial score (nSPS) is 12.1. The summed E-state index contributed by atoms with van der Waals surface area (Å²) in [6.07, 6.45) is 2.72. The van der Waals surface area contributed by atoms with Crippen molar-refractivity contribution in [3.05, 3.63) is 64.7 Å². The highest BCUT2D eigenvalue weighted by Crippen LogP contribution is 2.21. The van der Waals surface area contributed by atoms with Crippen molar-refractivity contribution in [2.45, 2.75) is 32.6 Å². The first-order valence-electron chi connectivity index (χ1n) is 8.32. The summed E-state index contributed by atoms with van der Waals surface area (Å²) >= 11 is 5.91. The Kier molecular flexibility index (Phi) is 7.48. The second-order valence-corrected chi connectivity index (χ2v) is 6.31. The van der Waals surface area contributed by atoms with E-state index in [0.717, 1.165) is 16.9 Å². The Bertz CT molecular complexity index is 717. The number of carbonyl (C=O) groups is 1. The van der Waals surface area contributed by atoms with Crippen LogP contribution in [0.3, 0.4) is 0 Å². The molecule has 1 N–H and O–H groups in total. The summed E-state index contributed by atoms with van der Waals surface area (Å²) < 4.78 is 5.67. The van der Waals surface area contributed by atoms with E-state index in [-0.39, 0.29) is 11.8 Å². The lowest BCUT2D eigenvalue weighted by Crippen LogP contribution is -2.18. The van der Waals surface area contributed by atoms with Crippen molar-refractivity contribution in [3.8, 4) is 5.75 Å². The van der Waals surface area contributed by atoms with Gasteiger partial charge in [-0.1, -0.05) is 48.9 Å². The molecule has 0 saturated carbocycles. The summed E-state index contributed by atoms with van der Waals surface area (Å²) in [5, 5.41) is 4.72. The fourth-order valence-electron chi connectivity index (χ4n) is 2.31. The predicted octanol–water partition coefficient (Wildman–Crippen LogP) is 4.71. The summed E-state index contributed by atoms with van der Waals surface area (Å²) in [5.74, 6) is 0.824. The number of hydrogen-bond acceptors (Lipinski definition) is 3. The zero-order valence-electron chi connectivity index (χ0n) is 14.5. The Labute approximate surface area is 153 Å². The highest BCUT2D eigenvalue weighted by atomic mass is 35.5. The number of ether oxygens (including phenoxy) is 1. The SMILES string of the molecule is Cc1cc(Cl)ccc1OCCCC(=O)NN=CC(C)c1ccccc1. The molecule has 0 aliphatic carbocycles. The Morgan fingerprint density at radius 3 is 2.76 bits per heavy atom. The van der Waals surface area contributed by atoms with E-state index in [1.165, 1.54) is 0 Å².